The van der Waals surface area contributed by atoms with Crippen LogP contribution in [-0.4, -0.2) is 109 Å². The number of methoxy groups -OCH3 is 6. The standard InChI is InChI=1S/C11H17NO2.2C11H17N.2C10H14ClNO.C10H14ClN.C10H12F3NO.2C10H15NO.2C10H15N.C9H12FN/c1-11(2,3)9-7-6-8(13-4)10(12-9)14-5;1-5-9-6-7-10(12-8-9)11(2,3)4;1-5-9-7-6-8-10(12-9)11(2,3)4;1-10(2,3)7-5-6-12-9(13-4)8(7)11;1-10(2,3)8-6-5-7(11)9(12-8)13-4;1-7-5-12-6-8(11)9(7)10(2,3)4;1-9(2,3)8-5-4-7(6-14-8)15-10(11,12)13;1-10(2,3)9-7-8(12-4)5-6-11-9;1-10(2,3)8-6-5-7-9(11-8)12-4;1-8-5-6-9(11-7-8)10(2,3)4;1-8-6-5-7-9(11-8)10(2,3)4;1-9(2,3)7-4-5-11-8(10)6-7/h6-7H,1-5H3;2*6-8H,5H2,1-4H3;2*5-6H,1-4H3;5-6H,1-4H3;4-6H,1-3H3;2*5-7H,1-4H3;2*5-7H,1-4H3;4-6H,1-3H3. The van der Waals surface area contributed by atoms with E-state index < -0.39 is 12.3 Å². The lowest BCUT2D eigenvalue weighted by Gasteiger charge is -2.22. The van der Waals surface area contributed by atoms with Gasteiger partial charge in [0, 0.05) is 161 Å². The summed E-state index contributed by atoms with van der Waals surface area (Å²) >= 11 is 18.0. The van der Waals surface area contributed by atoms with Crippen LogP contribution in [0.2, 0.25) is 15.1 Å². The van der Waals surface area contributed by atoms with Gasteiger partial charge in [0.05, 0.1) is 59.6 Å². The van der Waals surface area contributed by atoms with Crippen LogP contribution in [0.3, 0.4) is 0 Å². The summed E-state index contributed by atoms with van der Waals surface area (Å²) in [5.41, 5.74) is 19.5. The predicted octanol–water partition coefficient (Wildman–Crippen LogP) is 33.6. The first-order valence-electron chi connectivity index (χ1n) is 49.9. The molecular formula is C122H177Cl3F4N12O7. The Balaban J connectivity index is 0.000000808. The lowest BCUT2D eigenvalue weighted by Crippen LogP contribution is -2.18. The second-order valence-electron chi connectivity index (χ2n) is 47.7. The molecule has 0 N–H and O–H groups in total. The van der Waals surface area contributed by atoms with Crippen molar-refractivity contribution < 1.29 is 50.7 Å². The molecule has 0 aliphatic heterocycles. The highest BCUT2D eigenvalue weighted by Gasteiger charge is 2.32. The number of alkyl halides is 3. The van der Waals surface area contributed by atoms with Crippen LogP contribution >= 0.6 is 34.8 Å². The third kappa shape index (κ3) is 51.9. The number of halogens is 7. The van der Waals surface area contributed by atoms with Crippen molar-refractivity contribution >= 4 is 34.8 Å². The van der Waals surface area contributed by atoms with Gasteiger partial charge in [-0.25, -0.2) is 24.9 Å². The van der Waals surface area contributed by atoms with Gasteiger partial charge < -0.3 is 33.2 Å². The molecule has 0 bridgehead atoms. The van der Waals surface area contributed by atoms with Crippen LogP contribution in [0.4, 0.5) is 17.6 Å². The molecule has 0 unspecified atom stereocenters. The fourth-order valence-electron chi connectivity index (χ4n) is 12.6. The maximum Gasteiger partial charge on any atom is 0.573 e. The van der Waals surface area contributed by atoms with E-state index in [1.807, 2.05) is 147 Å². The summed E-state index contributed by atoms with van der Waals surface area (Å²) in [6.45, 7) is 86.7. The van der Waals surface area contributed by atoms with Gasteiger partial charge in [-0.2, -0.15) is 4.39 Å². The molecule has 0 aliphatic carbocycles. The number of nitrogens with zero attached hydrogens (tertiary/aromatic N) is 12. The van der Waals surface area contributed by atoms with Crippen LogP contribution in [0.5, 0.6) is 40.8 Å². The summed E-state index contributed by atoms with van der Waals surface area (Å²) in [7, 11) is 9.64. The molecule has 0 atom stereocenters. The van der Waals surface area contributed by atoms with Crippen LogP contribution < -0.4 is 33.2 Å². The largest absolute Gasteiger partial charge is 0.573 e. The van der Waals surface area contributed by atoms with E-state index in [1.54, 1.807) is 61.2 Å². The van der Waals surface area contributed by atoms with Crippen LogP contribution in [0.1, 0.15) is 359 Å². The number of pyridine rings is 12. The quantitative estimate of drug-likeness (QED) is 0.0968. The van der Waals surface area contributed by atoms with E-state index in [2.05, 4.69) is 348 Å². The first-order valence-corrected chi connectivity index (χ1v) is 51.1. The Morgan fingerprint density at radius 3 is 1.12 bits per heavy atom. The van der Waals surface area contributed by atoms with Crippen molar-refractivity contribution in [1.82, 2.24) is 59.8 Å². The number of hydrogen-bond acceptors (Lipinski definition) is 19. The lowest BCUT2D eigenvalue weighted by molar-refractivity contribution is -0.274. The predicted molar refractivity (Wildman–Crippen MR) is 609 cm³/mol. The summed E-state index contributed by atoms with van der Waals surface area (Å²) in [4.78, 5) is 50.5. The van der Waals surface area contributed by atoms with Crippen molar-refractivity contribution in [2.45, 2.75) is 368 Å². The highest BCUT2D eigenvalue weighted by Crippen LogP contribution is 2.37. The number of rotatable bonds is 9. The molecule has 0 saturated carbocycles. The molecule has 26 heteroatoms. The van der Waals surface area contributed by atoms with Gasteiger partial charge in [-0.05, 0) is 186 Å². The average Bonchev–Trinajstić information content (AvgIpc) is 0.818. The normalized spacial score (nSPS) is 11.6. The SMILES string of the molecule is CC(C)(C)c1ccc(OC(F)(F)F)cn1.CC(C)(C)c1ccnc(F)c1.CCc1ccc(C(C)(C)C)nc1.CCc1cccc(C(C)(C)C)n1.COc1ccc(C(C)(C)C)nc1OC.COc1cccc(C(C)(C)C)n1.COc1ccnc(C(C)(C)C)c1.COc1nc(C(C)(C)C)ccc1Cl.COc1nccc(C(C)(C)C)c1Cl.Cc1ccc(C(C)(C)C)nc1.Cc1cccc(C(C)(C)C)n1.Cc1cncc(Cl)c1C(C)(C)C. The fraction of sp³-hybridized carbons (Fsp3) is 0.508. The van der Waals surface area contributed by atoms with Gasteiger partial charge in [-0.15, -0.1) is 13.2 Å². The molecule has 19 nitrogen and oxygen atoms in total. The second kappa shape index (κ2) is 59.6. The van der Waals surface area contributed by atoms with Crippen molar-refractivity contribution in [2.24, 2.45) is 0 Å². The van der Waals surface area contributed by atoms with E-state index >= 15 is 0 Å². The summed E-state index contributed by atoms with van der Waals surface area (Å²) in [6, 6.07) is 46.2. The maximum atomic E-state index is 12.6. The molecule has 0 amide bonds. The van der Waals surface area contributed by atoms with Crippen LogP contribution in [-0.2, 0) is 77.8 Å². The summed E-state index contributed by atoms with van der Waals surface area (Å²) in [5, 5.41) is 1.93. The summed E-state index contributed by atoms with van der Waals surface area (Å²) in [5.74, 6) is 3.05. The van der Waals surface area contributed by atoms with Gasteiger partial charge in [-0.3, -0.25) is 34.9 Å². The Morgan fingerprint density at radius 1 is 0.304 bits per heavy atom. The molecule has 12 aromatic rings. The highest BCUT2D eigenvalue weighted by atomic mass is 35.5. The third-order valence-electron chi connectivity index (χ3n) is 21.5. The van der Waals surface area contributed by atoms with Gasteiger partial charge in [0.25, 0.3) is 5.88 Å². The number of aryl methyl sites for hydroxylation is 5. The third-order valence-corrected chi connectivity index (χ3v) is 22.5. The van der Waals surface area contributed by atoms with Gasteiger partial charge in [0.2, 0.25) is 23.6 Å². The van der Waals surface area contributed by atoms with Crippen molar-refractivity contribution in [1.29, 1.82) is 0 Å². The second-order valence-corrected chi connectivity index (χ2v) is 48.9. The van der Waals surface area contributed by atoms with E-state index in [0.717, 1.165) is 92.1 Å². The van der Waals surface area contributed by atoms with Gasteiger partial charge in [-0.1, -0.05) is 328 Å². The van der Waals surface area contributed by atoms with Crippen molar-refractivity contribution in [3.63, 3.8) is 0 Å². The molecule has 0 saturated heterocycles. The Morgan fingerprint density at radius 2 is 0.743 bits per heavy atom. The highest BCUT2D eigenvalue weighted by molar-refractivity contribution is 6.33. The average molecular weight is 2110 g/mol. The van der Waals surface area contributed by atoms with Crippen LogP contribution in [0.15, 0.2) is 195 Å². The minimum atomic E-state index is -4.66. The molecule has 12 rings (SSSR count). The number of aromatic nitrogens is 12. The van der Waals surface area contributed by atoms with E-state index in [-0.39, 0.29) is 70.7 Å². The molecular weight excluding hydrogens is 1930 g/mol. The van der Waals surface area contributed by atoms with E-state index in [0.29, 0.717) is 39.3 Å². The first kappa shape index (κ1) is 135. The molecule has 12 heterocycles. The zero-order chi connectivity index (χ0) is 114. The zero-order valence-electron chi connectivity index (χ0n) is 98.3. The van der Waals surface area contributed by atoms with E-state index in [4.69, 9.17) is 63.2 Å². The van der Waals surface area contributed by atoms with Crippen LogP contribution in [0.25, 0.3) is 0 Å². The fourth-order valence-corrected chi connectivity index (χ4v) is 13.7. The molecule has 816 valence electrons. The monoisotopic (exact) mass is 2100 g/mol. The first-order chi connectivity index (χ1) is 67.7. The van der Waals surface area contributed by atoms with Crippen molar-refractivity contribution in [3.05, 3.63) is 312 Å². The molecule has 0 fully saturated rings. The molecule has 0 aromatic carbocycles. The summed E-state index contributed by atoms with van der Waals surface area (Å²) < 4.78 is 82.2. The molecule has 0 spiro atoms. The minimum Gasteiger partial charge on any atom is -0.497 e. The molecule has 0 radical (unpaired) electrons. The number of ether oxygens (including phenoxy) is 7. The van der Waals surface area contributed by atoms with Crippen molar-refractivity contribution in [3.8, 4) is 40.8 Å². The number of hydrogen-bond donors (Lipinski definition) is 0. The van der Waals surface area contributed by atoms with E-state index in [1.165, 1.54) is 58.2 Å². The molecule has 12 aromatic heterocycles. The minimum absolute atomic E-state index is 0.00375. The Labute approximate surface area is 903 Å². The lowest BCUT2D eigenvalue weighted by atomic mass is 9.85. The maximum absolute atomic E-state index is 12.6. The van der Waals surface area contributed by atoms with Gasteiger partial charge in [0.1, 0.15) is 21.5 Å². The smallest absolute Gasteiger partial charge is 0.497 e. The Bertz CT molecular complexity index is 5670. The van der Waals surface area contributed by atoms with Crippen LogP contribution in [0, 0.1) is 26.7 Å². The van der Waals surface area contributed by atoms with Gasteiger partial charge in [0.15, 0.2) is 5.75 Å². The Hall–Kier alpha value is -11.0. The molecule has 0 aliphatic rings. The van der Waals surface area contributed by atoms with Crippen molar-refractivity contribution in [2.75, 3.05) is 42.7 Å². The topological polar surface area (TPSA) is 219 Å². The van der Waals surface area contributed by atoms with Gasteiger partial charge >= 0.3 is 6.36 Å². The summed E-state index contributed by atoms with van der Waals surface area (Å²) in [6.07, 6.45) is 10.9. The Kier molecular flexibility index (Phi) is 54.3. The van der Waals surface area contributed by atoms with E-state index in [9.17, 15) is 17.6 Å². The molecule has 148 heavy (non-hydrogen) atoms. The zero-order valence-corrected chi connectivity index (χ0v) is 101.